The number of hydrogen-bond acceptors (Lipinski definition) is 3. The number of anilines is 1. The summed E-state index contributed by atoms with van der Waals surface area (Å²) in [5, 5.41) is 1.83. The fraction of sp³-hybridized carbons (Fsp3) is 0.182. The SMILES string of the molecule is Cc1ncc(Cc2cc(N)ccc2Cl)s1. The Bertz CT molecular complexity index is 479. The quantitative estimate of drug-likeness (QED) is 0.816. The molecule has 2 nitrogen and oxygen atoms in total. The zero-order chi connectivity index (χ0) is 10.8. The van der Waals surface area contributed by atoms with Crippen LogP contribution in [-0.2, 0) is 6.42 Å². The smallest absolute Gasteiger partial charge is 0.0896 e. The molecule has 1 heterocycles. The Hall–Kier alpha value is -1.06. The van der Waals surface area contributed by atoms with Gasteiger partial charge < -0.3 is 5.73 Å². The molecule has 2 aromatic rings. The van der Waals surface area contributed by atoms with Gasteiger partial charge in [0.25, 0.3) is 0 Å². The van der Waals surface area contributed by atoms with Crippen molar-refractivity contribution in [1.82, 2.24) is 4.98 Å². The van der Waals surface area contributed by atoms with Crippen molar-refractivity contribution in [2.24, 2.45) is 0 Å². The monoisotopic (exact) mass is 238 g/mol. The predicted octanol–water partition coefficient (Wildman–Crippen LogP) is 3.28. The molecule has 1 aromatic heterocycles. The van der Waals surface area contributed by atoms with Crippen molar-refractivity contribution < 1.29 is 0 Å². The largest absolute Gasteiger partial charge is 0.399 e. The van der Waals surface area contributed by atoms with E-state index in [1.807, 2.05) is 31.3 Å². The number of benzene rings is 1. The Kier molecular flexibility index (Phi) is 2.93. The van der Waals surface area contributed by atoms with Gasteiger partial charge in [-0.2, -0.15) is 0 Å². The van der Waals surface area contributed by atoms with Crippen molar-refractivity contribution in [1.29, 1.82) is 0 Å². The topological polar surface area (TPSA) is 38.9 Å². The van der Waals surface area contributed by atoms with Crippen molar-refractivity contribution >= 4 is 28.6 Å². The van der Waals surface area contributed by atoms with E-state index >= 15 is 0 Å². The molecule has 0 aliphatic carbocycles. The van der Waals surface area contributed by atoms with E-state index in [0.717, 1.165) is 27.7 Å². The molecular formula is C11H11ClN2S. The Morgan fingerprint density at radius 1 is 1.47 bits per heavy atom. The summed E-state index contributed by atoms with van der Waals surface area (Å²) in [6, 6.07) is 5.56. The molecule has 0 bridgehead atoms. The summed E-state index contributed by atoms with van der Waals surface area (Å²) in [5.41, 5.74) is 7.52. The number of aromatic nitrogens is 1. The summed E-state index contributed by atoms with van der Waals surface area (Å²) < 4.78 is 0. The molecule has 0 radical (unpaired) electrons. The van der Waals surface area contributed by atoms with Gasteiger partial charge >= 0.3 is 0 Å². The first-order valence-electron chi connectivity index (χ1n) is 4.60. The minimum atomic E-state index is 0.746. The van der Waals surface area contributed by atoms with Gasteiger partial charge in [0.05, 0.1) is 5.01 Å². The number of hydrogen-bond donors (Lipinski definition) is 1. The molecule has 0 saturated heterocycles. The Balaban J connectivity index is 2.27. The summed E-state index contributed by atoms with van der Waals surface area (Å²) in [7, 11) is 0. The molecule has 0 fully saturated rings. The average Bonchev–Trinajstić information content (AvgIpc) is 2.58. The fourth-order valence-electron chi connectivity index (χ4n) is 1.40. The third kappa shape index (κ3) is 2.49. The zero-order valence-corrected chi connectivity index (χ0v) is 9.90. The lowest BCUT2D eigenvalue weighted by molar-refractivity contribution is 1.21. The Morgan fingerprint density at radius 3 is 2.93 bits per heavy atom. The van der Waals surface area contributed by atoms with E-state index in [1.54, 1.807) is 11.3 Å². The van der Waals surface area contributed by atoms with Crippen LogP contribution < -0.4 is 5.73 Å². The highest BCUT2D eigenvalue weighted by Gasteiger charge is 2.04. The van der Waals surface area contributed by atoms with Crippen LogP contribution in [0.25, 0.3) is 0 Å². The third-order valence-corrected chi connectivity index (χ3v) is 3.39. The van der Waals surface area contributed by atoms with Crippen molar-refractivity contribution in [3.05, 3.63) is 44.9 Å². The lowest BCUT2D eigenvalue weighted by Gasteiger charge is -2.03. The van der Waals surface area contributed by atoms with E-state index in [2.05, 4.69) is 4.98 Å². The van der Waals surface area contributed by atoms with E-state index < -0.39 is 0 Å². The molecule has 0 atom stereocenters. The van der Waals surface area contributed by atoms with Gasteiger partial charge in [0.1, 0.15) is 0 Å². The molecule has 0 amide bonds. The van der Waals surface area contributed by atoms with Gasteiger partial charge in [-0.25, -0.2) is 4.98 Å². The fourth-order valence-corrected chi connectivity index (χ4v) is 2.41. The molecule has 2 rings (SSSR count). The van der Waals surface area contributed by atoms with Crippen LogP contribution in [-0.4, -0.2) is 4.98 Å². The first-order valence-corrected chi connectivity index (χ1v) is 5.80. The van der Waals surface area contributed by atoms with Crippen LogP contribution in [0, 0.1) is 6.92 Å². The Morgan fingerprint density at radius 2 is 2.27 bits per heavy atom. The molecule has 0 spiro atoms. The maximum atomic E-state index is 6.08. The van der Waals surface area contributed by atoms with Crippen LogP contribution in [0.2, 0.25) is 5.02 Å². The predicted molar refractivity (Wildman–Crippen MR) is 65.5 cm³/mol. The van der Waals surface area contributed by atoms with Crippen molar-refractivity contribution in [2.45, 2.75) is 13.3 Å². The standard InChI is InChI=1S/C11H11ClN2S/c1-7-14-6-10(15-7)5-8-4-9(13)2-3-11(8)12/h2-4,6H,5,13H2,1H3. The van der Waals surface area contributed by atoms with E-state index in [-0.39, 0.29) is 0 Å². The highest BCUT2D eigenvalue weighted by atomic mass is 35.5. The van der Waals surface area contributed by atoms with Crippen molar-refractivity contribution in [3.8, 4) is 0 Å². The molecule has 2 N–H and O–H groups in total. The molecule has 0 aliphatic heterocycles. The number of nitrogens with zero attached hydrogens (tertiary/aromatic N) is 1. The zero-order valence-electron chi connectivity index (χ0n) is 8.33. The number of aryl methyl sites for hydroxylation is 1. The van der Waals surface area contributed by atoms with Gasteiger partial charge in [0.2, 0.25) is 0 Å². The van der Waals surface area contributed by atoms with E-state index in [9.17, 15) is 0 Å². The first kappa shape index (κ1) is 10.5. The summed E-state index contributed by atoms with van der Waals surface area (Å²) >= 11 is 7.77. The molecule has 1 aromatic carbocycles. The number of nitrogen functional groups attached to an aromatic ring is 1. The second kappa shape index (κ2) is 4.21. The summed E-state index contributed by atoms with van der Waals surface area (Å²) in [6.07, 6.45) is 2.69. The van der Waals surface area contributed by atoms with Crippen LogP contribution in [0.5, 0.6) is 0 Å². The van der Waals surface area contributed by atoms with E-state index in [1.165, 1.54) is 4.88 Å². The molecule has 4 heteroatoms. The lowest BCUT2D eigenvalue weighted by atomic mass is 10.1. The van der Waals surface area contributed by atoms with Crippen LogP contribution in [0.4, 0.5) is 5.69 Å². The number of rotatable bonds is 2. The third-order valence-electron chi connectivity index (χ3n) is 2.10. The normalized spacial score (nSPS) is 10.5. The number of thiazole rings is 1. The first-order chi connectivity index (χ1) is 7.15. The second-order valence-electron chi connectivity index (χ2n) is 3.37. The highest BCUT2D eigenvalue weighted by molar-refractivity contribution is 7.11. The molecular weight excluding hydrogens is 228 g/mol. The van der Waals surface area contributed by atoms with E-state index in [4.69, 9.17) is 17.3 Å². The molecule has 0 saturated carbocycles. The number of halogens is 1. The maximum Gasteiger partial charge on any atom is 0.0896 e. The molecule has 15 heavy (non-hydrogen) atoms. The summed E-state index contributed by atoms with van der Waals surface area (Å²) in [4.78, 5) is 5.42. The van der Waals surface area contributed by atoms with Gasteiger partial charge in [-0.05, 0) is 30.7 Å². The highest BCUT2D eigenvalue weighted by Crippen LogP contribution is 2.24. The molecule has 0 unspecified atom stereocenters. The van der Waals surface area contributed by atoms with Gasteiger partial charge in [-0.1, -0.05) is 11.6 Å². The van der Waals surface area contributed by atoms with Gasteiger partial charge in [-0.15, -0.1) is 11.3 Å². The van der Waals surface area contributed by atoms with Gasteiger partial charge in [0, 0.05) is 28.2 Å². The van der Waals surface area contributed by atoms with Crippen LogP contribution in [0.3, 0.4) is 0 Å². The van der Waals surface area contributed by atoms with Gasteiger partial charge in [0.15, 0.2) is 0 Å². The minimum absolute atomic E-state index is 0.746. The molecule has 78 valence electrons. The summed E-state index contributed by atoms with van der Waals surface area (Å²) in [5.74, 6) is 0. The lowest BCUT2D eigenvalue weighted by Crippen LogP contribution is -1.90. The Labute approximate surface area is 97.7 Å². The minimum Gasteiger partial charge on any atom is -0.399 e. The van der Waals surface area contributed by atoms with Crippen LogP contribution >= 0.6 is 22.9 Å². The van der Waals surface area contributed by atoms with Crippen LogP contribution in [0.15, 0.2) is 24.4 Å². The number of nitrogens with two attached hydrogens (primary N) is 1. The average molecular weight is 239 g/mol. The van der Waals surface area contributed by atoms with Crippen molar-refractivity contribution in [2.75, 3.05) is 5.73 Å². The summed E-state index contributed by atoms with van der Waals surface area (Å²) in [6.45, 7) is 2.00. The van der Waals surface area contributed by atoms with Gasteiger partial charge in [-0.3, -0.25) is 0 Å². The van der Waals surface area contributed by atoms with Crippen molar-refractivity contribution in [3.63, 3.8) is 0 Å². The van der Waals surface area contributed by atoms with Crippen LogP contribution in [0.1, 0.15) is 15.4 Å². The maximum absolute atomic E-state index is 6.08. The van der Waals surface area contributed by atoms with E-state index in [0.29, 0.717) is 0 Å². The molecule has 0 aliphatic rings. The second-order valence-corrected chi connectivity index (χ2v) is 5.10.